The first-order valence-corrected chi connectivity index (χ1v) is 7.28. The van der Waals surface area contributed by atoms with Gasteiger partial charge in [-0.25, -0.2) is 4.98 Å². The van der Waals surface area contributed by atoms with E-state index in [-0.39, 0.29) is 0 Å². The summed E-state index contributed by atoms with van der Waals surface area (Å²) in [4.78, 5) is 4.23. The van der Waals surface area contributed by atoms with Crippen molar-refractivity contribution in [3.63, 3.8) is 0 Å². The van der Waals surface area contributed by atoms with Crippen LogP contribution in [0.15, 0.2) is 11.6 Å². The second kappa shape index (κ2) is 8.75. The van der Waals surface area contributed by atoms with E-state index < -0.39 is 0 Å². The van der Waals surface area contributed by atoms with E-state index >= 15 is 0 Å². The van der Waals surface area contributed by atoms with Crippen molar-refractivity contribution in [3.05, 3.63) is 28.4 Å². The number of aryl methyl sites for hydroxylation is 1. The molecule has 0 unspecified atom stereocenters. The molecule has 0 radical (unpaired) electrons. The molecule has 0 bridgehead atoms. The van der Waals surface area contributed by atoms with Gasteiger partial charge in [-0.15, -0.1) is 16.4 Å². The standard InChI is InChI=1S/C10H11N3S.2C2H6/c1-6-7(2)9(13-12-8(6)3)10-11-4-5-14-10;2*1-2/h4-5H,1-3H3;2*1-2H3. The van der Waals surface area contributed by atoms with Gasteiger partial charge >= 0.3 is 0 Å². The lowest BCUT2D eigenvalue weighted by Crippen LogP contribution is -1.98. The Balaban J connectivity index is 0.000000659. The van der Waals surface area contributed by atoms with Crippen LogP contribution in [-0.4, -0.2) is 15.2 Å². The lowest BCUT2D eigenvalue weighted by atomic mass is 10.1. The van der Waals surface area contributed by atoms with Gasteiger partial charge in [0.15, 0.2) is 0 Å². The summed E-state index contributed by atoms with van der Waals surface area (Å²) >= 11 is 1.59. The van der Waals surface area contributed by atoms with E-state index in [1.807, 2.05) is 40.0 Å². The number of thiazole rings is 1. The van der Waals surface area contributed by atoms with E-state index in [9.17, 15) is 0 Å². The molecule has 2 aromatic rings. The zero-order valence-electron chi connectivity index (χ0n) is 12.4. The maximum absolute atomic E-state index is 4.23. The van der Waals surface area contributed by atoms with Crippen LogP contribution in [0.2, 0.25) is 0 Å². The lowest BCUT2D eigenvalue weighted by Gasteiger charge is -2.05. The fraction of sp³-hybridized carbons (Fsp3) is 0.500. The van der Waals surface area contributed by atoms with Crippen molar-refractivity contribution in [1.29, 1.82) is 0 Å². The first-order chi connectivity index (χ1) is 8.70. The predicted molar refractivity (Wildman–Crippen MR) is 80.0 cm³/mol. The quantitative estimate of drug-likeness (QED) is 0.757. The van der Waals surface area contributed by atoms with Crippen molar-refractivity contribution in [2.75, 3.05) is 0 Å². The molecule has 0 aliphatic rings. The molecule has 0 spiro atoms. The number of hydrogen-bond donors (Lipinski definition) is 0. The van der Waals surface area contributed by atoms with Gasteiger partial charge in [0.1, 0.15) is 10.7 Å². The van der Waals surface area contributed by atoms with E-state index in [0.29, 0.717) is 0 Å². The number of hydrogen-bond acceptors (Lipinski definition) is 4. The zero-order valence-corrected chi connectivity index (χ0v) is 13.2. The number of rotatable bonds is 1. The van der Waals surface area contributed by atoms with Crippen LogP contribution in [-0.2, 0) is 0 Å². The van der Waals surface area contributed by atoms with Gasteiger partial charge in [0, 0.05) is 11.6 Å². The van der Waals surface area contributed by atoms with Crippen LogP contribution in [0.4, 0.5) is 0 Å². The third-order valence-electron chi connectivity index (χ3n) is 2.40. The molecule has 2 rings (SSSR count). The summed E-state index contributed by atoms with van der Waals surface area (Å²) in [5, 5.41) is 11.2. The fourth-order valence-electron chi connectivity index (χ4n) is 1.27. The molecule has 100 valence electrons. The Kier molecular flexibility index (Phi) is 8.12. The summed E-state index contributed by atoms with van der Waals surface area (Å²) < 4.78 is 0. The molecule has 4 heteroatoms. The second-order valence-electron chi connectivity index (χ2n) is 3.22. The molecule has 0 saturated carbocycles. The van der Waals surface area contributed by atoms with Gasteiger partial charge in [-0.05, 0) is 31.9 Å². The van der Waals surface area contributed by atoms with Crippen LogP contribution in [0.1, 0.15) is 44.5 Å². The van der Waals surface area contributed by atoms with Gasteiger partial charge in [0.25, 0.3) is 0 Å². The third kappa shape index (κ3) is 3.88. The average molecular weight is 265 g/mol. The largest absolute Gasteiger partial charge is 0.243 e. The first kappa shape index (κ1) is 16.7. The highest BCUT2D eigenvalue weighted by atomic mass is 32.1. The van der Waals surface area contributed by atoms with E-state index in [1.54, 1.807) is 17.5 Å². The highest BCUT2D eigenvalue weighted by Gasteiger charge is 2.10. The Bertz CT molecular complexity index is 450. The van der Waals surface area contributed by atoms with E-state index in [4.69, 9.17) is 0 Å². The molecule has 3 nitrogen and oxygen atoms in total. The highest BCUT2D eigenvalue weighted by molar-refractivity contribution is 7.13. The summed E-state index contributed by atoms with van der Waals surface area (Å²) in [6, 6.07) is 0. The minimum Gasteiger partial charge on any atom is -0.243 e. The maximum atomic E-state index is 4.23. The molecule has 0 aromatic carbocycles. The van der Waals surface area contributed by atoms with Gasteiger partial charge in [0.2, 0.25) is 0 Å². The van der Waals surface area contributed by atoms with Crippen LogP contribution >= 0.6 is 11.3 Å². The Morgan fingerprint density at radius 3 is 2.00 bits per heavy atom. The minimum absolute atomic E-state index is 0.906. The third-order valence-corrected chi connectivity index (χ3v) is 3.18. The van der Waals surface area contributed by atoms with Crippen LogP contribution < -0.4 is 0 Å². The molecule has 2 heterocycles. The summed E-state index contributed by atoms with van der Waals surface area (Å²) in [6.07, 6.45) is 1.79. The van der Waals surface area contributed by atoms with Crippen LogP contribution in [0, 0.1) is 20.8 Å². The molecule has 0 aliphatic heterocycles. The Morgan fingerprint density at radius 2 is 1.50 bits per heavy atom. The van der Waals surface area contributed by atoms with Crippen LogP contribution in [0.25, 0.3) is 10.7 Å². The predicted octanol–water partition coefficient (Wildman–Crippen LogP) is 4.58. The number of aromatic nitrogens is 3. The van der Waals surface area contributed by atoms with Gasteiger partial charge in [-0.2, -0.15) is 5.10 Å². The minimum atomic E-state index is 0.906. The smallest absolute Gasteiger partial charge is 0.143 e. The first-order valence-electron chi connectivity index (χ1n) is 6.40. The molecular weight excluding hydrogens is 242 g/mol. The van der Waals surface area contributed by atoms with E-state index in [1.165, 1.54) is 11.1 Å². The SMILES string of the molecule is CC.CC.Cc1nnc(-c2nccs2)c(C)c1C. The van der Waals surface area contributed by atoms with Gasteiger partial charge in [-0.1, -0.05) is 27.7 Å². The molecule has 2 aromatic heterocycles. The Labute approximate surface area is 114 Å². The molecule has 0 atom stereocenters. The Morgan fingerprint density at radius 1 is 0.889 bits per heavy atom. The molecular formula is C14H23N3S. The van der Waals surface area contributed by atoms with Crippen molar-refractivity contribution in [1.82, 2.24) is 15.2 Å². The number of nitrogens with zero attached hydrogens (tertiary/aromatic N) is 3. The second-order valence-corrected chi connectivity index (χ2v) is 4.12. The summed E-state index contributed by atoms with van der Waals surface area (Å²) in [7, 11) is 0. The van der Waals surface area contributed by atoms with Gasteiger partial charge < -0.3 is 0 Å². The average Bonchev–Trinajstić information content (AvgIpc) is 2.95. The summed E-state index contributed by atoms with van der Waals surface area (Å²) in [5.74, 6) is 0. The normalized spacial score (nSPS) is 8.83. The zero-order chi connectivity index (χ0) is 14.1. The van der Waals surface area contributed by atoms with Crippen molar-refractivity contribution >= 4 is 11.3 Å². The summed E-state index contributed by atoms with van der Waals surface area (Å²) in [5.41, 5.74) is 4.27. The Hall–Kier alpha value is -1.29. The van der Waals surface area contributed by atoms with Gasteiger partial charge in [-0.3, -0.25) is 0 Å². The van der Waals surface area contributed by atoms with E-state index in [0.717, 1.165) is 16.4 Å². The lowest BCUT2D eigenvalue weighted by molar-refractivity contribution is 0.950. The van der Waals surface area contributed by atoms with Gasteiger partial charge in [0.05, 0.1) is 5.69 Å². The maximum Gasteiger partial charge on any atom is 0.143 e. The molecule has 0 saturated heterocycles. The summed E-state index contributed by atoms with van der Waals surface area (Å²) in [6.45, 7) is 14.1. The van der Waals surface area contributed by atoms with E-state index in [2.05, 4.69) is 29.0 Å². The molecule has 0 N–H and O–H groups in total. The van der Waals surface area contributed by atoms with Crippen LogP contribution in [0.5, 0.6) is 0 Å². The molecule has 0 fully saturated rings. The molecule has 0 amide bonds. The van der Waals surface area contributed by atoms with Crippen LogP contribution in [0.3, 0.4) is 0 Å². The topological polar surface area (TPSA) is 38.7 Å². The van der Waals surface area contributed by atoms with Crippen molar-refractivity contribution < 1.29 is 0 Å². The monoisotopic (exact) mass is 265 g/mol. The molecule has 0 aliphatic carbocycles. The highest BCUT2D eigenvalue weighted by Crippen LogP contribution is 2.24. The fourth-order valence-corrected chi connectivity index (χ4v) is 1.95. The van der Waals surface area contributed by atoms with Crippen molar-refractivity contribution in [2.24, 2.45) is 0 Å². The molecule has 18 heavy (non-hydrogen) atoms. The van der Waals surface area contributed by atoms with Crippen molar-refractivity contribution in [3.8, 4) is 10.7 Å². The van der Waals surface area contributed by atoms with Crippen molar-refractivity contribution in [2.45, 2.75) is 48.5 Å².